The number of thioether (sulfide) groups is 1. The van der Waals surface area contributed by atoms with Crippen LogP contribution in [0.1, 0.15) is 5.56 Å². The Morgan fingerprint density at radius 2 is 1.97 bits per heavy atom. The van der Waals surface area contributed by atoms with Crippen LogP contribution in [0.15, 0.2) is 59.6 Å². The maximum absolute atomic E-state index is 13.1. The number of fused-ring (bicyclic) bond motifs is 1. The van der Waals surface area contributed by atoms with Gasteiger partial charge in [0.25, 0.3) is 0 Å². The molecule has 9 heteroatoms. The fraction of sp³-hybridized carbons (Fsp3) is 0.286. The van der Waals surface area contributed by atoms with E-state index in [0.717, 1.165) is 17.7 Å². The summed E-state index contributed by atoms with van der Waals surface area (Å²) in [6, 6.07) is 17.0. The van der Waals surface area contributed by atoms with Crippen LogP contribution in [0, 0.1) is 5.92 Å². The number of hydrogen-bond donors (Lipinski definition) is 3. The largest absolute Gasteiger partial charge is 0.355 e. The summed E-state index contributed by atoms with van der Waals surface area (Å²) < 4.78 is 0. The van der Waals surface area contributed by atoms with Gasteiger partial charge in [-0.2, -0.15) is 0 Å². The second-order valence-corrected chi connectivity index (χ2v) is 8.39. The SMILES string of the molecule is O=C(CSC1=NC2NNCC2C(=O)N1c1ccccc1)NCCc1ccc(Cl)cc1. The molecule has 2 aliphatic heterocycles. The quantitative estimate of drug-likeness (QED) is 0.637. The van der Waals surface area contributed by atoms with E-state index in [4.69, 9.17) is 11.6 Å². The van der Waals surface area contributed by atoms with E-state index in [1.807, 2.05) is 54.6 Å². The van der Waals surface area contributed by atoms with Crippen molar-refractivity contribution in [1.82, 2.24) is 16.2 Å². The number of benzene rings is 2. The molecular weight excluding hydrogens is 422 g/mol. The van der Waals surface area contributed by atoms with Crippen LogP contribution in [0.4, 0.5) is 5.69 Å². The van der Waals surface area contributed by atoms with Gasteiger partial charge in [0, 0.05) is 18.1 Å². The summed E-state index contributed by atoms with van der Waals surface area (Å²) >= 11 is 7.16. The number of aliphatic imine (C=N–C) groups is 1. The number of rotatable bonds is 6. The van der Waals surface area contributed by atoms with Crippen molar-refractivity contribution in [1.29, 1.82) is 0 Å². The second-order valence-electron chi connectivity index (χ2n) is 7.01. The Bertz CT molecular complexity index is 938. The number of nitrogens with zero attached hydrogens (tertiary/aromatic N) is 2. The van der Waals surface area contributed by atoms with Crippen LogP contribution in [-0.4, -0.2) is 42.0 Å². The van der Waals surface area contributed by atoms with E-state index in [1.54, 1.807) is 4.90 Å². The molecule has 2 atom stereocenters. The van der Waals surface area contributed by atoms with E-state index in [2.05, 4.69) is 21.2 Å². The van der Waals surface area contributed by atoms with Gasteiger partial charge in [-0.15, -0.1) is 0 Å². The maximum atomic E-state index is 13.1. The third kappa shape index (κ3) is 4.84. The highest BCUT2D eigenvalue weighted by atomic mass is 35.5. The number of hydrazine groups is 1. The van der Waals surface area contributed by atoms with Crippen molar-refractivity contribution in [2.45, 2.75) is 12.6 Å². The first-order chi connectivity index (χ1) is 14.6. The molecule has 30 heavy (non-hydrogen) atoms. The molecule has 2 aromatic rings. The van der Waals surface area contributed by atoms with E-state index in [0.29, 0.717) is 23.3 Å². The third-order valence-corrected chi connectivity index (χ3v) is 6.13. The lowest BCUT2D eigenvalue weighted by Gasteiger charge is -2.32. The standard InChI is InChI=1S/C21H22ClN5O2S/c22-15-8-6-14(7-9-15)10-11-23-18(28)13-30-21-25-19-17(12-24-26-19)20(29)27(21)16-4-2-1-3-5-16/h1-9,17,19,24,26H,10-13H2,(H,23,28). The molecule has 2 aliphatic rings. The van der Waals surface area contributed by atoms with Gasteiger partial charge in [-0.3, -0.25) is 19.9 Å². The van der Waals surface area contributed by atoms with Crippen molar-refractivity contribution in [2.24, 2.45) is 10.9 Å². The Hall–Kier alpha value is -2.39. The van der Waals surface area contributed by atoms with Crippen LogP contribution in [0.2, 0.25) is 5.02 Å². The highest BCUT2D eigenvalue weighted by Crippen LogP contribution is 2.29. The Labute approximate surface area is 184 Å². The minimum absolute atomic E-state index is 0.0238. The summed E-state index contributed by atoms with van der Waals surface area (Å²) in [7, 11) is 0. The van der Waals surface area contributed by atoms with Crippen molar-refractivity contribution in [3.8, 4) is 0 Å². The number of amidine groups is 1. The van der Waals surface area contributed by atoms with Crippen LogP contribution in [-0.2, 0) is 16.0 Å². The Kier molecular flexibility index (Phi) is 6.69. The van der Waals surface area contributed by atoms with Crippen LogP contribution in [0.5, 0.6) is 0 Å². The van der Waals surface area contributed by atoms with Gasteiger partial charge in [-0.25, -0.2) is 10.4 Å². The fourth-order valence-electron chi connectivity index (χ4n) is 3.36. The van der Waals surface area contributed by atoms with Crippen molar-refractivity contribution < 1.29 is 9.59 Å². The van der Waals surface area contributed by atoms with Gasteiger partial charge >= 0.3 is 0 Å². The first kappa shape index (κ1) is 20.9. The van der Waals surface area contributed by atoms with E-state index in [9.17, 15) is 9.59 Å². The Morgan fingerprint density at radius 3 is 2.73 bits per heavy atom. The molecule has 0 bridgehead atoms. The molecule has 2 unspecified atom stereocenters. The number of carbonyl (C=O) groups excluding carboxylic acids is 2. The van der Waals surface area contributed by atoms with Gasteiger partial charge in [0.2, 0.25) is 11.8 Å². The van der Waals surface area contributed by atoms with Crippen LogP contribution >= 0.6 is 23.4 Å². The zero-order valence-electron chi connectivity index (χ0n) is 16.2. The van der Waals surface area contributed by atoms with Crippen LogP contribution < -0.4 is 21.1 Å². The molecule has 0 aliphatic carbocycles. The predicted molar refractivity (Wildman–Crippen MR) is 120 cm³/mol. The number of halogens is 1. The molecule has 0 saturated carbocycles. The minimum Gasteiger partial charge on any atom is -0.355 e. The highest BCUT2D eigenvalue weighted by molar-refractivity contribution is 8.14. The lowest BCUT2D eigenvalue weighted by molar-refractivity contribution is -0.121. The molecule has 1 saturated heterocycles. The molecule has 0 spiro atoms. The topological polar surface area (TPSA) is 85.8 Å². The van der Waals surface area contributed by atoms with E-state index >= 15 is 0 Å². The summed E-state index contributed by atoms with van der Waals surface area (Å²) in [6.45, 7) is 1.06. The normalized spacial score (nSPS) is 20.6. The number of anilines is 1. The monoisotopic (exact) mass is 443 g/mol. The minimum atomic E-state index is -0.312. The number of amides is 2. The number of carbonyl (C=O) groups is 2. The van der Waals surface area contributed by atoms with Crippen molar-refractivity contribution in [2.75, 3.05) is 23.7 Å². The Morgan fingerprint density at radius 1 is 1.20 bits per heavy atom. The lowest BCUT2D eigenvalue weighted by Crippen LogP contribution is -2.49. The van der Waals surface area contributed by atoms with Gasteiger partial charge in [0.1, 0.15) is 6.17 Å². The van der Waals surface area contributed by atoms with E-state index < -0.39 is 0 Å². The van der Waals surface area contributed by atoms with Gasteiger partial charge in [0.15, 0.2) is 5.17 Å². The van der Waals surface area contributed by atoms with Crippen molar-refractivity contribution >= 4 is 46.0 Å². The molecule has 156 valence electrons. The molecular formula is C21H22ClN5O2S. The third-order valence-electron chi connectivity index (χ3n) is 4.93. The molecule has 3 N–H and O–H groups in total. The lowest BCUT2D eigenvalue weighted by atomic mass is 10.1. The maximum Gasteiger partial charge on any atom is 0.241 e. The van der Waals surface area contributed by atoms with E-state index in [1.165, 1.54) is 11.8 Å². The Balaban J connectivity index is 1.37. The smallest absolute Gasteiger partial charge is 0.241 e. The summed E-state index contributed by atoms with van der Waals surface area (Å²) in [4.78, 5) is 31.7. The van der Waals surface area contributed by atoms with Crippen molar-refractivity contribution in [3.63, 3.8) is 0 Å². The van der Waals surface area contributed by atoms with Gasteiger partial charge in [-0.05, 0) is 36.2 Å². The summed E-state index contributed by atoms with van der Waals surface area (Å²) in [5, 5.41) is 4.14. The van der Waals surface area contributed by atoms with Crippen molar-refractivity contribution in [3.05, 3.63) is 65.2 Å². The van der Waals surface area contributed by atoms with E-state index in [-0.39, 0.29) is 29.7 Å². The summed E-state index contributed by atoms with van der Waals surface area (Å²) in [5.41, 5.74) is 7.88. The highest BCUT2D eigenvalue weighted by Gasteiger charge is 2.42. The molecule has 4 rings (SSSR count). The molecule has 2 heterocycles. The average Bonchev–Trinajstić information content (AvgIpc) is 3.23. The second kappa shape index (κ2) is 9.61. The fourth-order valence-corrected chi connectivity index (χ4v) is 4.36. The molecule has 2 aromatic carbocycles. The number of hydrogen-bond acceptors (Lipinski definition) is 6. The molecule has 0 radical (unpaired) electrons. The predicted octanol–water partition coefficient (Wildman–Crippen LogP) is 2.18. The average molecular weight is 444 g/mol. The zero-order chi connectivity index (χ0) is 20.9. The summed E-state index contributed by atoms with van der Waals surface area (Å²) in [6.07, 6.45) is 0.413. The first-order valence-electron chi connectivity index (χ1n) is 9.71. The van der Waals surface area contributed by atoms with Gasteiger partial charge in [0.05, 0.1) is 17.4 Å². The first-order valence-corrected chi connectivity index (χ1v) is 11.1. The molecule has 7 nitrogen and oxygen atoms in total. The number of para-hydroxylation sites is 1. The van der Waals surface area contributed by atoms with Crippen LogP contribution in [0.3, 0.4) is 0 Å². The molecule has 1 fully saturated rings. The molecule has 0 aromatic heterocycles. The number of nitrogens with one attached hydrogen (secondary N) is 3. The van der Waals surface area contributed by atoms with Gasteiger partial charge in [-0.1, -0.05) is 53.7 Å². The van der Waals surface area contributed by atoms with Crippen LogP contribution in [0.25, 0.3) is 0 Å². The molecule has 2 amide bonds. The van der Waals surface area contributed by atoms with Gasteiger partial charge < -0.3 is 5.32 Å². The zero-order valence-corrected chi connectivity index (χ0v) is 17.7. The summed E-state index contributed by atoms with van der Waals surface area (Å²) in [5.74, 6) is -0.204.